The van der Waals surface area contributed by atoms with Crippen LogP contribution in [-0.4, -0.2) is 51.0 Å². The Kier molecular flexibility index (Phi) is 5.51. The molecule has 154 valence electrons. The van der Waals surface area contributed by atoms with Gasteiger partial charge in [-0.2, -0.15) is 4.31 Å². The largest absolute Gasteiger partial charge is 0.379 e. The minimum Gasteiger partial charge on any atom is -0.379 e. The van der Waals surface area contributed by atoms with E-state index in [-0.39, 0.29) is 16.8 Å². The van der Waals surface area contributed by atoms with Gasteiger partial charge < -0.3 is 10.1 Å². The minimum absolute atomic E-state index is 0.113. The highest BCUT2D eigenvalue weighted by atomic mass is 32.2. The van der Waals surface area contributed by atoms with Crippen LogP contribution in [0.5, 0.6) is 0 Å². The fraction of sp³-hybridized carbons (Fsp3) is 0.667. The third-order valence-electron chi connectivity index (χ3n) is 6.86. The molecule has 7 heteroatoms. The molecule has 2 aliphatic carbocycles. The normalized spacial score (nSPS) is 29.0. The number of benzene rings is 1. The number of carbonyl (C=O) groups is 1. The van der Waals surface area contributed by atoms with Crippen LogP contribution in [0.2, 0.25) is 0 Å². The van der Waals surface area contributed by atoms with Crippen LogP contribution in [-0.2, 0) is 14.8 Å². The van der Waals surface area contributed by atoms with Gasteiger partial charge in [0.05, 0.1) is 18.1 Å². The smallest absolute Gasteiger partial charge is 0.251 e. The van der Waals surface area contributed by atoms with Gasteiger partial charge in [-0.3, -0.25) is 4.79 Å². The second-order valence-corrected chi connectivity index (χ2v) is 10.5. The number of carbonyl (C=O) groups excluding carboxylic acids is 1. The van der Waals surface area contributed by atoms with Crippen molar-refractivity contribution in [2.75, 3.05) is 26.3 Å². The number of nitrogens with zero attached hydrogens (tertiary/aromatic N) is 1. The van der Waals surface area contributed by atoms with Crippen LogP contribution in [0, 0.1) is 24.7 Å². The molecule has 4 atom stereocenters. The maximum Gasteiger partial charge on any atom is 0.251 e. The molecular weight excluding hydrogens is 376 g/mol. The number of nitrogens with one attached hydrogen (secondary N) is 1. The molecule has 1 heterocycles. The Balaban J connectivity index is 1.51. The van der Waals surface area contributed by atoms with Gasteiger partial charge in [-0.1, -0.05) is 12.5 Å². The van der Waals surface area contributed by atoms with Crippen molar-refractivity contribution < 1.29 is 17.9 Å². The summed E-state index contributed by atoms with van der Waals surface area (Å²) in [5, 5.41) is 3.15. The summed E-state index contributed by atoms with van der Waals surface area (Å²) >= 11 is 0. The van der Waals surface area contributed by atoms with Crippen LogP contribution >= 0.6 is 0 Å². The van der Waals surface area contributed by atoms with Crippen molar-refractivity contribution >= 4 is 15.9 Å². The van der Waals surface area contributed by atoms with Gasteiger partial charge >= 0.3 is 0 Å². The van der Waals surface area contributed by atoms with Crippen molar-refractivity contribution in [2.24, 2.45) is 17.8 Å². The summed E-state index contributed by atoms with van der Waals surface area (Å²) in [6, 6.07) is 4.96. The predicted octanol–water partition coefficient (Wildman–Crippen LogP) is 2.57. The van der Waals surface area contributed by atoms with Crippen molar-refractivity contribution in [3.63, 3.8) is 0 Å². The lowest BCUT2D eigenvalue weighted by molar-refractivity contribution is 0.0730. The SMILES string of the molecule is Cc1ccc(S(=O)(=O)N2CCOCC2)cc1C(=O)N[C@@H](C)[C@H]1C[C@H]2CC[C@H]1C2. The quantitative estimate of drug-likeness (QED) is 0.815. The number of hydrogen-bond donors (Lipinski definition) is 1. The van der Waals surface area contributed by atoms with E-state index in [2.05, 4.69) is 12.2 Å². The summed E-state index contributed by atoms with van der Waals surface area (Å²) in [6.07, 6.45) is 5.12. The van der Waals surface area contributed by atoms with Gasteiger partial charge in [0.25, 0.3) is 5.91 Å². The van der Waals surface area contributed by atoms with Gasteiger partial charge in [0, 0.05) is 24.7 Å². The maximum absolute atomic E-state index is 13.0. The van der Waals surface area contributed by atoms with E-state index in [4.69, 9.17) is 4.74 Å². The zero-order valence-corrected chi connectivity index (χ0v) is 17.5. The molecule has 1 aromatic rings. The van der Waals surface area contributed by atoms with E-state index in [1.807, 2.05) is 6.92 Å². The fourth-order valence-corrected chi connectivity index (χ4v) is 6.67. The Bertz CT molecular complexity index is 848. The van der Waals surface area contributed by atoms with Gasteiger partial charge in [-0.05, 0) is 68.6 Å². The summed E-state index contributed by atoms with van der Waals surface area (Å²) in [5.41, 5.74) is 1.24. The molecule has 3 aliphatic rings. The molecule has 0 unspecified atom stereocenters. The summed E-state index contributed by atoms with van der Waals surface area (Å²) in [4.78, 5) is 13.1. The number of rotatable bonds is 5. The molecule has 1 aliphatic heterocycles. The molecule has 6 nitrogen and oxygen atoms in total. The lowest BCUT2D eigenvalue weighted by Gasteiger charge is -2.29. The first kappa shape index (κ1) is 19.9. The summed E-state index contributed by atoms with van der Waals surface area (Å²) in [6.45, 7) is 5.44. The number of ether oxygens (including phenoxy) is 1. The van der Waals surface area contributed by atoms with Crippen LogP contribution in [0.4, 0.5) is 0 Å². The van der Waals surface area contributed by atoms with E-state index < -0.39 is 10.0 Å². The highest BCUT2D eigenvalue weighted by molar-refractivity contribution is 7.89. The van der Waals surface area contributed by atoms with Crippen molar-refractivity contribution in [1.82, 2.24) is 9.62 Å². The molecule has 28 heavy (non-hydrogen) atoms. The first-order valence-corrected chi connectivity index (χ1v) is 11.8. The molecule has 4 rings (SSSR count). The number of hydrogen-bond acceptors (Lipinski definition) is 4. The predicted molar refractivity (Wildman–Crippen MR) is 107 cm³/mol. The highest BCUT2D eigenvalue weighted by Crippen LogP contribution is 2.49. The minimum atomic E-state index is -3.61. The molecule has 1 amide bonds. The topological polar surface area (TPSA) is 75.7 Å². The Morgan fingerprint density at radius 2 is 1.96 bits per heavy atom. The van der Waals surface area contributed by atoms with Gasteiger partial charge in [0.2, 0.25) is 10.0 Å². The zero-order valence-electron chi connectivity index (χ0n) is 16.7. The Hall–Kier alpha value is -1.44. The van der Waals surface area contributed by atoms with Gasteiger partial charge in [0.1, 0.15) is 0 Å². The lowest BCUT2D eigenvalue weighted by Crippen LogP contribution is -2.41. The average Bonchev–Trinajstić information content (AvgIpc) is 3.32. The van der Waals surface area contributed by atoms with E-state index in [9.17, 15) is 13.2 Å². The molecule has 1 saturated heterocycles. The molecule has 0 radical (unpaired) electrons. The number of aryl methyl sites for hydroxylation is 1. The maximum atomic E-state index is 13.0. The van der Waals surface area contributed by atoms with E-state index in [1.54, 1.807) is 12.1 Å². The Labute approximate surface area is 167 Å². The lowest BCUT2D eigenvalue weighted by atomic mass is 9.84. The summed E-state index contributed by atoms with van der Waals surface area (Å²) < 4.78 is 32.5. The van der Waals surface area contributed by atoms with Crippen molar-refractivity contribution in [2.45, 2.75) is 50.5 Å². The third kappa shape index (κ3) is 3.72. The molecule has 1 N–H and O–H groups in total. The fourth-order valence-electron chi connectivity index (χ4n) is 5.24. The number of fused-ring (bicyclic) bond motifs is 2. The van der Waals surface area contributed by atoms with Crippen molar-refractivity contribution in [1.29, 1.82) is 0 Å². The molecule has 0 spiro atoms. The van der Waals surface area contributed by atoms with E-state index in [0.717, 1.165) is 17.4 Å². The van der Waals surface area contributed by atoms with E-state index in [0.29, 0.717) is 37.8 Å². The molecule has 0 aromatic heterocycles. The highest BCUT2D eigenvalue weighted by Gasteiger charge is 2.42. The Morgan fingerprint density at radius 3 is 2.61 bits per heavy atom. The zero-order chi connectivity index (χ0) is 19.9. The van der Waals surface area contributed by atoms with Crippen LogP contribution < -0.4 is 5.32 Å². The monoisotopic (exact) mass is 406 g/mol. The number of sulfonamides is 1. The second-order valence-electron chi connectivity index (χ2n) is 8.59. The van der Waals surface area contributed by atoms with Gasteiger partial charge in [-0.15, -0.1) is 0 Å². The van der Waals surface area contributed by atoms with Crippen LogP contribution in [0.1, 0.15) is 48.5 Å². The summed E-state index contributed by atoms with van der Waals surface area (Å²) in [7, 11) is -3.61. The molecule has 2 bridgehead atoms. The molecule has 2 saturated carbocycles. The molecule has 3 fully saturated rings. The molecular formula is C21H30N2O4S. The Morgan fingerprint density at radius 1 is 1.21 bits per heavy atom. The summed E-state index contributed by atoms with van der Waals surface area (Å²) in [5.74, 6) is 1.93. The van der Waals surface area contributed by atoms with Gasteiger partial charge in [0.15, 0.2) is 0 Å². The third-order valence-corrected chi connectivity index (χ3v) is 8.75. The van der Waals surface area contributed by atoms with Crippen molar-refractivity contribution in [3.8, 4) is 0 Å². The van der Waals surface area contributed by atoms with E-state index >= 15 is 0 Å². The van der Waals surface area contributed by atoms with Crippen molar-refractivity contribution in [3.05, 3.63) is 29.3 Å². The standard InChI is InChI=1S/C21H30N2O4S/c1-14-3-6-18(28(25,26)23-7-9-27-10-8-23)13-19(14)21(24)22-15(2)20-12-16-4-5-17(20)11-16/h3,6,13,15-17,20H,4-5,7-12H2,1-2H3,(H,22,24)/t15-,16-,17-,20+/m0/s1. The molecule has 1 aromatic carbocycles. The van der Waals surface area contributed by atoms with E-state index in [1.165, 1.54) is 36.1 Å². The van der Waals surface area contributed by atoms with Crippen LogP contribution in [0.15, 0.2) is 23.1 Å². The van der Waals surface area contributed by atoms with Crippen LogP contribution in [0.25, 0.3) is 0 Å². The first-order chi connectivity index (χ1) is 13.4. The van der Waals surface area contributed by atoms with Crippen LogP contribution in [0.3, 0.4) is 0 Å². The number of morpholine rings is 1. The number of amides is 1. The second kappa shape index (κ2) is 7.76. The average molecular weight is 407 g/mol. The first-order valence-electron chi connectivity index (χ1n) is 10.4. The van der Waals surface area contributed by atoms with Gasteiger partial charge in [-0.25, -0.2) is 8.42 Å².